The van der Waals surface area contributed by atoms with Gasteiger partial charge in [0.2, 0.25) is 12.1 Å². The van der Waals surface area contributed by atoms with E-state index >= 15 is 0 Å². The average molecular weight is 379 g/mol. The highest BCUT2D eigenvalue weighted by atomic mass is 35.5. The molecular weight excluding hydrogens is 365 g/mol. The molecule has 2 aliphatic heterocycles. The number of hydrogen-bond acceptors (Lipinski definition) is 4. The van der Waals surface area contributed by atoms with Crippen LogP contribution in [0.15, 0.2) is 24.3 Å². The molecule has 0 aliphatic carbocycles. The van der Waals surface area contributed by atoms with E-state index in [2.05, 4.69) is 4.74 Å². The third-order valence-corrected chi connectivity index (χ3v) is 4.67. The molecule has 3 rings (SSSR count). The molecule has 2 aliphatic rings. The van der Waals surface area contributed by atoms with E-state index in [1.54, 1.807) is 6.92 Å². The molecule has 0 N–H and O–H groups in total. The molecule has 0 saturated carbocycles. The Labute approximate surface area is 146 Å². The van der Waals surface area contributed by atoms with Crippen molar-refractivity contribution in [3.63, 3.8) is 0 Å². The number of β-lactam (4-membered cyclic amide) rings is 1. The molecule has 6 nitrogen and oxygen atoms in total. The number of benzene rings is 1. The van der Waals surface area contributed by atoms with Gasteiger partial charge in [0.1, 0.15) is 12.5 Å². The summed E-state index contributed by atoms with van der Waals surface area (Å²) >= 11 is 5.75. The van der Waals surface area contributed by atoms with Crippen LogP contribution in [0.25, 0.3) is 0 Å². The van der Waals surface area contributed by atoms with Crippen molar-refractivity contribution < 1.29 is 32.2 Å². The normalized spacial score (nSPS) is 26.8. The zero-order chi connectivity index (χ0) is 18.4. The lowest BCUT2D eigenvalue weighted by molar-refractivity contribution is -0.274. The molecule has 1 aromatic carbocycles. The van der Waals surface area contributed by atoms with E-state index < -0.39 is 29.7 Å². The van der Waals surface area contributed by atoms with E-state index in [0.29, 0.717) is 0 Å². The molecule has 25 heavy (non-hydrogen) atoms. The maximum absolute atomic E-state index is 12.5. The molecule has 2 unspecified atom stereocenters. The standard InChI is InChI=1S/C15H14ClF3N2O4/c1-14(6-16)7-20(13(14)23)12-11(22)21(8-24-12)9-3-2-4-10(5-9)25-15(17,18)19/h2-5,12H,6-8H2,1H3. The Morgan fingerprint density at radius 1 is 1.40 bits per heavy atom. The number of anilines is 1. The van der Waals surface area contributed by atoms with Gasteiger partial charge in [0.25, 0.3) is 5.91 Å². The van der Waals surface area contributed by atoms with Gasteiger partial charge >= 0.3 is 6.36 Å². The zero-order valence-corrected chi connectivity index (χ0v) is 13.8. The fourth-order valence-electron chi connectivity index (χ4n) is 2.75. The number of ether oxygens (including phenoxy) is 2. The van der Waals surface area contributed by atoms with Crippen LogP contribution in [-0.2, 0) is 14.3 Å². The number of carbonyl (C=O) groups excluding carboxylic acids is 2. The second-order valence-corrected chi connectivity index (χ2v) is 6.35. The van der Waals surface area contributed by atoms with Gasteiger partial charge in [-0.3, -0.25) is 14.5 Å². The largest absolute Gasteiger partial charge is 0.573 e. The Morgan fingerprint density at radius 3 is 2.72 bits per heavy atom. The highest BCUT2D eigenvalue weighted by Gasteiger charge is 2.54. The van der Waals surface area contributed by atoms with Crippen molar-refractivity contribution >= 4 is 29.1 Å². The monoisotopic (exact) mass is 378 g/mol. The van der Waals surface area contributed by atoms with E-state index in [1.165, 1.54) is 17.0 Å². The van der Waals surface area contributed by atoms with Gasteiger partial charge in [0, 0.05) is 24.2 Å². The fraction of sp³-hybridized carbons (Fsp3) is 0.467. The van der Waals surface area contributed by atoms with Crippen molar-refractivity contribution in [1.82, 2.24) is 4.90 Å². The molecule has 0 spiro atoms. The Kier molecular flexibility index (Phi) is 4.32. The van der Waals surface area contributed by atoms with E-state index in [4.69, 9.17) is 16.3 Å². The Bertz CT molecular complexity index is 714. The number of alkyl halides is 4. The molecule has 10 heteroatoms. The third-order valence-electron chi connectivity index (χ3n) is 4.08. The summed E-state index contributed by atoms with van der Waals surface area (Å²) in [5.74, 6) is -1.15. The van der Waals surface area contributed by atoms with E-state index in [-0.39, 0.29) is 30.8 Å². The third kappa shape index (κ3) is 3.25. The summed E-state index contributed by atoms with van der Waals surface area (Å²) < 4.78 is 46.2. The van der Waals surface area contributed by atoms with Crippen LogP contribution in [-0.4, -0.2) is 48.5 Å². The predicted octanol–water partition coefficient (Wildman–Crippen LogP) is 2.32. The molecule has 2 fully saturated rings. The summed E-state index contributed by atoms with van der Waals surface area (Å²) in [6, 6.07) is 4.99. The number of carbonyl (C=O) groups is 2. The maximum atomic E-state index is 12.5. The molecule has 0 radical (unpaired) electrons. The number of rotatable bonds is 4. The van der Waals surface area contributed by atoms with Crippen molar-refractivity contribution in [2.24, 2.45) is 5.41 Å². The van der Waals surface area contributed by atoms with Crippen LogP contribution in [0.3, 0.4) is 0 Å². The molecule has 136 valence electrons. The highest BCUT2D eigenvalue weighted by molar-refractivity contribution is 6.20. The number of halogens is 4. The molecule has 2 heterocycles. The number of likely N-dealkylation sites (tertiary alicyclic amines) is 1. The number of amides is 2. The SMILES string of the molecule is CC1(CCl)CN(C2OCN(c3cccc(OC(F)(F)F)c3)C2=O)C1=O. The summed E-state index contributed by atoms with van der Waals surface area (Å²) in [5.41, 5.74) is -0.540. The number of hydrogen-bond donors (Lipinski definition) is 0. The van der Waals surface area contributed by atoms with Crippen LogP contribution in [0.4, 0.5) is 18.9 Å². The van der Waals surface area contributed by atoms with Crippen LogP contribution >= 0.6 is 11.6 Å². The van der Waals surface area contributed by atoms with Gasteiger partial charge in [-0.1, -0.05) is 6.07 Å². The summed E-state index contributed by atoms with van der Waals surface area (Å²) in [6.45, 7) is 1.78. The summed E-state index contributed by atoms with van der Waals surface area (Å²) in [7, 11) is 0. The Hall–Kier alpha value is -2.00. The van der Waals surface area contributed by atoms with E-state index in [9.17, 15) is 22.8 Å². The van der Waals surface area contributed by atoms with Gasteiger partial charge in [0.05, 0.1) is 5.41 Å². The van der Waals surface area contributed by atoms with Gasteiger partial charge in [-0.2, -0.15) is 0 Å². The Balaban J connectivity index is 1.73. The van der Waals surface area contributed by atoms with Crippen molar-refractivity contribution in [1.29, 1.82) is 0 Å². The topological polar surface area (TPSA) is 59.1 Å². The molecule has 0 bridgehead atoms. The summed E-state index contributed by atoms with van der Waals surface area (Å²) in [4.78, 5) is 27.1. The van der Waals surface area contributed by atoms with E-state index in [0.717, 1.165) is 17.0 Å². The summed E-state index contributed by atoms with van der Waals surface area (Å²) in [6.07, 6.45) is -5.93. The molecule has 2 amide bonds. The molecule has 2 saturated heterocycles. The second kappa shape index (κ2) is 6.06. The Morgan fingerprint density at radius 2 is 2.12 bits per heavy atom. The van der Waals surface area contributed by atoms with Crippen LogP contribution in [0, 0.1) is 5.41 Å². The minimum absolute atomic E-state index is 0.129. The summed E-state index contributed by atoms with van der Waals surface area (Å²) in [5, 5.41) is 0. The predicted molar refractivity (Wildman–Crippen MR) is 80.9 cm³/mol. The first-order valence-corrected chi connectivity index (χ1v) is 7.84. The second-order valence-electron chi connectivity index (χ2n) is 6.09. The van der Waals surface area contributed by atoms with Crippen LogP contribution in [0.1, 0.15) is 6.92 Å². The van der Waals surface area contributed by atoms with Crippen LogP contribution in [0.2, 0.25) is 0 Å². The van der Waals surface area contributed by atoms with Crippen molar-refractivity contribution in [3.05, 3.63) is 24.3 Å². The van der Waals surface area contributed by atoms with Crippen LogP contribution < -0.4 is 9.64 Å². The first kappa shape index (κ1) is 17.8. The minimum Gasteiger partial charge on any atom is -0.406 e. The lowest BCUT2D eigenvalue weighted by Gasteiger charge is -2.47. The van der Waals surface area contributed by atoms with Gasteiger partial charge in [-0.25, -0.2) is 0 Å². The average Bonchev–Trinajstić information content (AvgIpc) is 2.91. The molecule has 0 aromatic heterocycles. The maximum Gasteiger partial charge on any atom is 0.573 e. The van der Waals surface area contributed by atoms with Gasteiger partial charge in [0.15, 0.2) is 0 Å². The van der Waals surface area contributed by atoms with Gasteiger partial charge < -0.3 is 14.4 Å². The van der Waals surface area contributed by atoms with Gasteiger partial charge in [-0.05, 0) is 19.1 Å². The zero-order valence-electron chi connectivity index (χ0n) is 13.0. The van der Waals surface area contributed by atoms with Crippen LogP contribution in [0.5, 0.6) is 5.75 Å². The molecular formula is C15H14ClF3N2O4. The molecule has 1 aromatic rings. The fourth-order valence-corrected chi connectivity index (χ4v) is 2.95. The van der Waals surface area contributed by atoms with E-state index in [1.807, 2.05) is 0 Å². The van der Waals surface area contributed by atoms with Gasteiger partial charge in [-0.15, -0.1) is 24.8 Å². The minimum atomic E-state index is -4.83. The van der Waals surface area contributed by atoms with Crippen molar-refractivity contribution in [2.45, 2.75) is 19.5 Å². The van der Waals surface area contributed by atoms with Crippen molar-refractivity contribution in [2.75, 3.05) is 24.1 Å². The molecule has 2 atom stereocenters. The smallest absolute Gasteiger partial charge is 0.406 e. The highest BCUT2D eigenvalue weighted by Crippen LogP contribution is 2.37. The lowest BCUT2D eigenvalue weighted by Crippen LogP contribution is -2.65. The number of nitrogens with zero attached hydrogens (tertiary/aromatic N) is 2. The lowest BCUT2D eigenvalue weighted by atomic mass is 9.82. The quantitative estimate of drug-likeness (QED) is 0.596. The first-order valence-electron chi connectivity index (χ1n) is 7.30. The first-order chi connectivity index (χ1) is 11.6. The van der Waals surface area contributed by atoms with Crippen molar-refractivity contribution in [3.8, 4) is 5.75 Å².